The van der Waals surface area contributed by atoms with E-state index in [1.807, 2.05) is 27.7 Å². The smallest absolute Gasteiger partial charge is 0.240 e. The number of amides is 1. The van der Waals surface area contributed by atoms with Gasteiger partial charge in [0.15, 0.2) is 0 Å². The Labute approximate surface area is 104 Å². The van der Waals surface area contributed by atoms with Gasteiger partial charge in [-0.1, -0.05) is 27.7 Å². The molecule has 0 fully saturated rings. The third-order valence-corrected chi connectivity index (χ3v) is 3.37. The number of hydrogen-bond acceptors (Lipinski definition) is 3. The molecule has 0 saturated carbocycles. The summed E-state index contributed by atoms with van der Waals surface area (Å²) in [5.41, 5.74) is -1.05. The topological polar surface area (TPSA) is 73.1 Å². The van der Waals surface area contributed by atoms with E-state index >= 15 is 0 Å². The summed E-state index contributed by atoms with van der Waals surface area (Å²) < 4.78 is 0. The van der Waals surface area contributed by atoms with E-state index in [1.165, 1.54) is 0 Å². The number of hydrogen-bond donors (Lipinski definition) is 2. The highest BCUT2D eigenvalue weighted by Gasteiger charge is 2.35. The van der Waals surface area contributed by atoms with Gasteiger partial charge >= 0.3 is 0 Å². The molecule has 0 saturated heterocycles. The third-order valence-electron chi connectivity index (χ3n) is 3.37. The zero-order chi connectivity index (χ0) is 13.5. The standard InChI is InChI=1S/C13H24N2O2/c1-5-13(6-2,9-14)11(17)15-10-12(3,4)7-8-16/h16H,5-8,10H2,1-4H3,(H,15,17). The van der Waals surface area contributed by atoms with Crippen molar-refractivity contribution in [2.45, 2.75) is 47.0 Å². The van der Waals surface area contributed by atoms with Crippen LogP contribution in [0.15, 0.2) is 0 Å². The van der Waals surface area contributed by atoms with Gasteiger partial charge in [-0.3, -0.25) is 4.79 Å². The molecule has 0 aromatic heterocycles. The van der Waals surface area contributed by atoms with E-state index < -0.39 is 5.41 Å². The molecule has 0 aromatic carbocycles. The molecule has 0 heterocycles. The molecule has 0 aliphatic rings. The summed E-state index contributed by atoms with van der Waals surface area (Å²) >= 11 is 0. The van der Waals surface area contributed by atoms with Gasteiger partial charge in [0.1, 0.15) is 5.41 Å². The first-order valence-electron chi connectivity index (χ1n) is 6.18. The summed E-state index contributed by atoms with van der Waals surface area (Å²) in [5, 5.41) is 20.9. The zero-order valence-electron chi connectivity index (χ0n) is 11.3. The second kappa shape index (κ2) is 6.61. The molecule has 0 aromatic rings. The number of carbonyl (C=O) groups is 1. The first-order valence-corrected chi connectivity index (χ1v) is 6.18. The van der Waals surface area contributed by atoms with Gasteiger partial charge in [0, 0.05) is 13.2 Å². The van der Waals surface area contributed by atoms with Crippen molar-refractivity contribution in [1.82, 2.24) is 5.32 Å². The monoisotopic (exact) mass is 240 g/mol. The van der Waals surface area contributed by atoms with E-state index in [0.717, 1.165) is 0 Å². The van der Waals surface area contributed by atoms with Gasteiger partial charge in [-0.05, 0) is 24.7 Å². The second-order valence-electron chi connectivity index (χ2n) is 5.22. The van der Waals surface area contributed by atoms with Crippen LogP contribution >= 0.6 is 0 Å². The molecule has 17 heavy (non-hydrogen) atoms. The first-order chi connectivity index (χ1) is 7.87. The lowest BCUT2D eigenvalue weighted by atomic mass is 9.82. The Morgan fingerprint density at radius 3 is 2.24 bits per heavy atom. The largest absolute Gasteiger partial charge is 0.396 e. The van der Waals surface area contributed by atoms with Gasteiger partial charge in [-0.25, -0.2) is 0 Å². The molecule has 2 N–H and O–H groups in total. The van der Waals surface area contributed by atoms with E-state index in [4.69, 9.17) is 10.4 Å². The lowest BCUT2D eigenvalue weighted by Crippen LogP contribution is -2.43. The molecule has 0 radical (unpaired) electrons. The molecular weight excluding hydrogens is 216 g/mol. The van der Waals surface area contributed by atoms with Crippen molar-refractivity contribution in [1.29, 1.82) is 5.26 Å². The van der Waals surface area contributed by atoms with Crippen molar-refractivity contribution in [2.24, 2.45) is 10.8 Å². The van der Waals surface area contributed by atoms with Crippen LogP contribution in [0.3, 0.4) is 0 Å². The van der Waals surface area contributed by atoms with Crippen LogP contribution in [0.25, 0.3) is 0 Å². The molecule has 4 heteroatoms. The highest BCUT2D eigenvalue weighted by molar-refractivity contribution is 5.85. The summed E-state index contributed by atoms with van der Waals surface area (Å²) in [6.45, 7) is 8.25. The molecule has 0 aliphatic carbocycles. The molecule has 98 valence electrons. The predicted octanol–water partition coefficient (Wildman–Crippen LogP) is 1.84. The molecular formula is C13H24N2O2. The highest BCUT2D eigenvalue weighted by Crippen LogP contribution is 2.26. The molecule has 0 aliphatic heterocycles. The maximum atomic E-state index is 12.0. The highest BCUT2D eigenvalue weighted by atomic mass is 16.3. The van der Waals surface area contributed by atoms with Crippen molar-refractivity contribution in [2.75, 3.05) is 13.2 Å². The summed E-state index contributed by atoms with van der Waals surface area (Å²) in [7, 11) is 0. The first kappa shape index (κ1) is 15.9. The Balaban J connectivity index is 4.50. The SMILES string of the molecule is CCC(C#N)(CC)C(=O)NCC(C)(C)CCO. The van der Waals surface area contributed by atoms with Crippen LogP contribution in [-0.4, -0.2) is 24.2 Å². The van der Waals surface area contributed by atoms with Gasteiger partial charge in [-0.2, -0.15) is 5.26 Å². The van der Waals surface area contributed by atoms with Crippen LogP contribution in [0.1, 0.15) is 47.0 Å². The Hall–Kier alpha value is -1.08. The van der Waals surface area contributed by atoms with Crippen LogP contribution < -0.4 is 5.32 Å². The van der Waals surface area contributed by atoms with E-state index in [1.54, 1.807) is 0 Å². The van der Waals surface area contributed by atoms with Crippen LogP contribution in [0.5, 0.6) is 0 Å². The summed E-state index contributed by atoms with van der Waals surface area (Å²) in [6.07, 6.45) is 1.67. The van der Waals surface area contributed by atoms with Crippen LogP contribution in [-0.2, 0) is 4.79 Å². The maximum Gasteiger partial charge on any atom is 0.240 e. The fourth-order valence-corrected chi connectivity index (χ4v) is 1.66. The minimum Gasteiger partial charge on any atom is -0.396 e. The quantitative estimate of drug-likeness (QED) is 0.713. The summed E-state index contributed by atoms with van der Waals surface area (Å²) in [5.74, 6) is -0.198. The number of aliphatic hydroxyl groups excluding tert-OH is 1. The molecule has 4 nitrogen and oxygen atoms in total. The molecule has 1 amide bonds. The minimum atomic E-state index is -0.907. The molecule has 0 bridgehead atoms. The predicted molar refractivity (Wildman–Crippen MR) is 67.1 cm³/mol. The molecule has 0 atom stereocenters. The third kappa shape index (κ3) is 4.35. The number of aliphatic hydroxyl groups is 1. The average Bonchev–Trinajstić information content (AvgIpc) is 2.29. The number of nitriles is 1. The van der Waals surface area contributed by atoms with Crippen molar-refractivity contribution >= 4 is 5.91 Å². The Morgan fingerprint density at radius 2 is 1.88 bits per heavy atom. The maximum absolute atomic E-state index is 12.0. The van der Waals surface area contributed by atoms with Gasteiger partial charge in [0.2, 0.25) is 5.91 Å². The molecule has 0 unspecified atom stereocenters. The fraction of sp³-hybridized carbons (Fsp3) is 0.846. The van der Waals surface area contributed by atoms with Gasteiger partial charge in [0.25, 0.3) is 0 Å². The van der Waals surface area contributed by atoms with Crippen LogP contribution in [0, 0.1) is 22.2 Å². The van der Waals surface area contributed by atoms with Gasteiger partial charge in [0.05, 0.1) is 6.07 Å². The zero-order valence-corrected chi connectivity index (χ0v) is 11.3. The van der Waals surface area contributed by atoms with E-state index in [2.05, 4.69) is 11.4 Å². The lowest BCUT2D eigenvalue weighted by Gasteiger charge is -2.28. The lowest BCUT2D eigenvalue weighted by molar-refractivity contribution is -0.129. The van der Waals surface area contributed by atoms with Crippen LogP contribution in [0.4, 0.5) is 0 Å². The molecule has 0 spiro atoms. The summed E-state index contributed by atoms with van der Waals surface area (Å²) in [4.78, 5) is 12.0. The van der Waals surface area contributed by atoms with Gasteiger partial charge in [-0.15, -0.1) is 0 Å². The number of carbonyl (C=O) groups excluding carboxylic acids is 1. The fourth-order valence-electron chi connectivity index (χ4n) is 1.66. The molecule has 0 rings (SSSR count). The Bertz CT molecular complexity index is 288. The second-order valence-corrected chi connectivity index (χ2v) is 5.22. The Kier molecular flexibility index (Phi) is 6.19. The normalized spacial score (nSPS) is 12.0. The van der Waals surface area contributed by atoms with Crippen LogP contribution in [0.2, 0.25) is 0 Å². The summed E-state index contributed by atoms with van der Waals surface area (Å²) in [6, 6.07) is 2.12. The average molecular weight is 240 g/mol. The Morgan fingerprint density at radius 1 is 1.35 bits per heavy atom. The van der Waals surface area contributed by atoms with E-state index in [0.29, 0.717) is 25.8 Å². The number of nitrogens with one attached hydrogen (secondary N) is 1. The van der Waals surface area contributed by atoms with Crippen molar-refractivity contribution in [3.8, 4) is 6.07 Å². The van der Waals surface area contributed by atoms with E-state index in [-0.39, 0.29) is 17.9 Å². The van der Waals surface area contributed by atoms with E-state index in [9.17, 15) is 4.79 Å². The van der Waals surface area contributed by atoms with Crippen molar-refractivity contribution in [3.05, 3.63) is 0 Å². The van der Waals surface area contributed by atoms with Crippen molar-refractivity contribution in [3.63, 3.8) is 0 Å². The number of rotatable bonds is 7. The number of nitrogens with zero attached hydrogens (tertiary/aromatic N) is 1. The van der Waals surface area contributed by atoms with Gasteiger partial charge < -0.3 is 10.4 Å². The minimum absolute atomic E-state index is 0.105. The van der Waals surface area contributed by atoms with Crippen molar-refractivity contribution < 1.29 is 9.90 Å².